The SMILES string of the molecule is CCCCCOc1ccccc1C1C(C(=O)Nc2ccccc2C)C(=O)CC(C)(O)C1C(=O)Nc1ccccc1C. The summed E-state index contributed by atoms with van der Waals surface area (Å²) in [4.78, 5) is 41.7. The maximum Gasteiger partial charge on any atom is 0.235 e. The number of Topliss-reactive ketones (excluding diaryl/α,β-unsaturated/α-hetero) is 1. The van der Waals surface area contributed by atoms with Crippen LogP contribution < -0.4 is 15.4 Å². The predicted molar refractivity (Wildman–Crippen MR) is 161 cm³/mol. The Morgan fingerprint density at radius 3 is 2.05 bits per heavy atom. The smallest absolute Gasteiger partial charge is 0.235 e. The molecule has 1 aliphatic carbocycles. The molecule has 7 heteroatoms. The number of hydrogen-bond donors (Lipinski definition) is 3. The van der Waals surface area contributed by atoms with E-state index in [0.717, 1.165) is 30.4 Å². The van der Waals surface area contributed by atoms with Gasteiger partial charge in [-0.05, 0) is 62.1 Å². The Morgan fingerprint density at radius 2 is 1.44 bits per heavy atom. The number of ketones is 1. The van der Waals surface area contributed by atoms with Crippen molar-refractivity contribution >= 4 is 29.0 Å². The molecule has 4 atom stereocenters. The zero-order valence-corrected chi connectivity index (χ0v) is 24.3. The fraction of sp³-hybridized carbons (Fsp3) is 0.382. The summed E-state index contributed by atoms with van der Waals surface area (Å²) in [5.41, 5.74) is 1.75. The van der Waals surface area contributed by atoms with Crippen LogP contribution in [0.25, 0.3) is 0 Å². The first-order chi connectivity index (χ1) is 19.6. The van der Waals surface area contributed by atoms with Gasteiger partial charge < -0.3 is 20.5 Å². The average molecular weight is 557 g/mol. The van der Waals surface area contributed by atoms with Crippen molar-refractivity contribution in [3.05, 3.63) is 89.5 Å². The Morgan fingerprint density at radius 1 is 0.878 bits per heavy atom. The van der Waals surface area contributed by atoms with Crippen molar-refractivity contribution in [3.8, 4) is 5.75 Å². The van der Waals surface area contributed by atoms with Crippen LogP contribution in [-0.4, -0.2) is 34.9 Å². The Kier molecular flexibility index (Phi) is 9.61. The molecule has 3 aromatic rings. The molecule has 1 saturated carbocycles. The van der Waals surface area contributed by atoms with Gasteiger partial charge in [-0.3, -0.25) is 14.4 Å². The molecule has 3 aromatic carbocycles. The topological polar surface area (TPSA) is 105 Å². The van der Waals surface area contributed by atoms with E-state index in [1.807, 2.05) is 56.3 Å². The molecule has 0 bridgehead atoms. The van der Waals surface area contributed by atoms with Crippen molar-refractivity contribution in [2.24, 2.45) is 11.8 Å². The fourth-order valence-corrected chi connectivity index (χ4v) is 5.73. The van der Waals surface area contributed by atoms with Crippen molar-refractivity contribution in [2.75, 3.05) is 17.2 Å². The van der Waals surface area contributed by atoms with E-state index < -0.39 is 41.0 Å². The van der Waals surface area contributed by atoms with Gasteiger partial charge in [0, 0.05) is 23.7 Å². The van der Waals surface area contributed by atoms with Gasteiger partial charge in [0.05, 0.1) is 18.1 Å². The van der Waals surface area contributed by atoms with Gasteiger partial charge in [-0.25, -0.2) is 0 Å². The van der Waals surface area contributed by atoms with Crippen LogP contribution >= 0.6 is 0 Å². The summed E-state index contributed by atoms with van der Waals surface area (Å²) in [6.07, 6.45) is 2.55. The lowest BCUT2D eigenvalue weighted by atomic mass is 9.61. The van der Waals surface area contributed by atoms with Crippen LogP contribution in [0.2, 0.25) is 0 Å². The maximum atomic E-state index is 14.1. The minimum absolute atomic E-state index is 0.333. The van der Waals surface area contributed by atoms with Crippen LogP contribution in [0.15, 0.2) is 72.8 Å². The molecule has 7 nitrogen and oxygen atoms in total. The van der Waals surface area contributed by atoms with Gasteiger partial charge >= 0.3 is 0 Å². The molecule has 0 aliphatic heterocycles. The highest BCUT2D eigenvalue weighted by molar-refractivity contribution is 6.10. The van der Waals surface area contributed by atoms with Gasteiger partial charge in [0.25, 0.3) is 0 Å². The van der Waals surface area contributed by atoms with Crippen LogP contribution in [-0.2, 0) is 14.4 Å². The number of nitrogens with one attached hydrogen (secondary N) is 2. The van der Waals surface area contributed by atoms with E-state index in [1.165, 1.54) is 6.92 Å². The lowest BCUT2D eigenvalue weighted by molar-refractivity contribution is -0.150. The van der Waals surface area contributed by atoms with E-state index in [1.54, 1.807) is 30.3 Å². The molecular weight excluding hydrogens is 516 g/mol. The molecule has 1 fully saturated rings. The summed E-state index contributed by atoms with van der Waals surface area (Å²) >= 11 is 0. The third kappa shape index (κ3) is 6.85. The molecule has 41 heavy (non-hydrogen) atoms. The van der Waals surface area contributed by atoms with Crippen LogP contribution in [0.4, 0.5) is 11.4 Å². The van der Waals surface area contributed by atoms with Crippen LogP contribution in [0.5, 0.6) is 5.75 Å². The van der Waals surface area contributed by atoms with Gasteiger partial charge in [0.15, 0.2) is 0 Å². The van der Waals surface area contributed by atoms with Crippen molar-refractivity contribution in [1.29, 1.82) is 0 Å². The van der Waals surface area contributed by atoms with Gasteiger partial charge in [-0.15, -0.1) is 0 Å². The van der Waals surface area contributed by atoms with E-state index in [-0.39, 0.29) is 6.42 Å². The number of hydrogen-bond acceptors (Lipinski definition) is 5. The van der Waals surface area contributed by atoms with E-state index in [2.05, 4.69) is 17.6 Å². The lowest BCUT2D eigenvalue weighted by Gasteiger charge is -2.44. The number of benzene rings is 3. The van der Waals surface area contributed by atoms with Crippen molar-refractivity contribution < 1.29 is 24.2 Å². The number of carbonyl (C=O) groups is 3. The summed E-state index contributed by atoms with van der Waals surface area (Å²) < 4.78 is 6.17. The molecule has 4 unspecified atom stereocenters. The second-order valence-corrected chi connectivity index (χ2v) is 11.2. The van der Waals surface area contributed by atoms with E-state index in [0.29, 0.717) is 29.3 Å². The summed E-state index contributed by atoms with van der Waals surface area (Å²) in [5, 5.41) is 17.6. The Hall–Kier alpha value is -3.97. The number of para-hydroxylation sites is 3. The summed E-state index contributed by atoms with van der Waals surface area (Å²) in [6.45, 7) is 7.83. The number of aliphatic hydroxyl groups is 1. The molecule has 1 aliphatic rings. The number of aryl methyl sites for hydroxylation is 2. The molecule has 0 saturated heterocycles. The molecule has 0 radical (unpaired) electrons. The molecule has 0 aromatic heterocycles. The normalized spacial score (nSPS) is 22.2. The van der Waals surface area contributed by atoms with Gasteiger partial charge in [0.2, 0.25) is 11.8 Å². The Bertz CT molecular complexity index is 1400. The molecule has 0 spiro atoms. The second-order valence-electron chi connectivity index (χ2n) is 11.2. The Balaban J connectivity index is 1.80. The number of ether oxygens (including phenoxy) is 1. The highest BCUT2D eigenvalue weighted by atomic mass is 16.5. The molecule has 3 N–H and O–H groups in total. The molecular formula is C34H40N2O5. The number of carbonyl (C=O) groups excluding carboxylic acids is 3. The minimum atomic E-state index is -1.71. The first kappa shape index (κ1) is 30.0. The largest absolute Gasteiger partial charge is 0.493 e. The Labute approximate surface area is 242 Å². The average Bonchev–Trinajstić information content (AvgIpc) is 2.93. The predicted octanol–water partition coefficient (Wildman–Crippen LogP) is 6.19. The van der Waals surface area contributed by atoms with E-state index in [4.69, 9.17) is 4.74 Å². The highest BCUT2D eigenvalue weighted by Gasteiger charge is 2.56. The number of amides is 2. The fourth-order valence-electron chi connectivity index (χ4n) is 5.73. The van der Waals surface area contributed by atoms with Gasteiger partial charge in [-0.1, -0.05) is 74.4 Å². The summed E-state index contributed by atoms with van der Waals surface area (Å²) in [6, 6.07) is 21.9. The molecule has 0 heterocycles. The van der Waals surface area contributed by atoms with Crippen LogP contribution in [0.1, 0.15) is 62.1 Å². The number of rotatable bonds is 10. The lowest BCUT2D eigenvalue weighted by Crippen LogP contribution is -2.56. The maximum absolute atomic E-state index is 14.1. The summed E-state index contributed by atoms with van der Waals surface area (Å²) in [7, 11) is 0. The second kappa shape index (κ2) is 13.1. The first-order valence-corrected chi connectivity index (χ1v) is 14.3. The van der Waals surface area contributed by atoms with Crippen molar-refractivity contribution in [3.63, 3.8) is 0 Å². The molecule has 216 valence electrons. The minimum Gasteiger partial charge on any atom is -0.493 e. The first-order valence-electron chi connectivity index (χ1n) is 14.3. The zero-order chi connectivity index (χ0) is 29.6. The molecule has 4 rings (SSSR count). The van der Waals surface area contributed by atoms with Gasteiger partial charge in [0.1, 0.15) is 17.5 Å². The van der Waals surface area contributed by atoms with Crippen molar-refractivity contribution in [1.82, 2.24) is 0 Å². The van der Waals surface area contributed by atoms with E-state index >= 15 is 0 Å². The monoisotopic (exact) mass is 556 g/mol. The van der Waals surface area contributed by atoms with E-state index in [9.17, 15) is 19.5 Å². The quantitative estimate of drug-likeness (QED) is 0.204. The third-order valence-corrected chi connectivity index (χ3v) is 7.92. The van der Waals surface area contributed by atoms with Crippen LogP contribution in [0.3, 0.4) is 0 Å². The molecule has 2 amide bonds. The highest BCUT2D eigenvalue weighted by Crippen LogP contribution is 2.49. The van der Waals surface area contributed by atoms with Crippen LogP contribution in [0, 0.1) is 25.7 Å². The van der Waals surface area contributed by atoms with Gasteiger partial charge in [-0.2, -0.15) is 0 Å². The number of anilines is 2. The number of unbranched alkanes of at least 4 members (excludes halogenated alkanes) is 2. The standard InChI is InChI=1S/C34H40N2O5/c1-5-6-13-20-41-28-19-12-9-16-24(28)29-30(32(38)35-25-17-10-7-14-22(25)2)27(37)21-34(4,40)31(29)33(39)36-26-18-11-8-15-23(26)3/h7-12,14-19,29-31,40H,5-6,13,20-21H2,1-4H3,(H,35,38)(H,36,39). The summed E-state index contributed by atoms with van der Waals surface area (Å²) in [5.74, 6) is -4.21. The van der Waals surface area contributed by atoms with Crippen molar-refractivity contribution in [2.45, 2.75) is 64.9 Å². The zero-order valence-electron chi connectivity index (χ0n) is 24.3. The third-order valence-electron chi connectivity index (χ3n) is 7.92.